The summed E-state index contributed by atoms with van der Waals surface area (Å²) in [4.78, 5) is 19.7. The van der Waals surface area contributed by atoms with Gasteiger partial charge in [0.05, 0.1) is 28.8 Å². The van der Waals surface area contributed by atoms with Crippen molar-refractivity contribution in [1.29, 1.82) is 5.41 Å². The Hall–Kier alpha value is -3.57. The van der Waals surface area contributed by atoms with Crippen molar-refractivity contribution >= 4 is 35.4 Å². The van der Waals surface area contributed by atoms with Crippen molar-refractivity contribution in [3.05, 3.63) is 62.6 Å². The Morgan fingerprint density at radius 1 is 1.30 bits per heavy atom. The molecule has 2 aromatic rings. The molecule has 2 aromatic carbocycles. The highest BCUT2D eigenvalue weighted by molar-refractivity contribution is 6.32. The van der Waals surface area contributed by atoms with Crippen LogP contribution < -0.4 is 9.75 Å². The highest BCUT2D eigenvalue weighted by Crippen LogP contribution is 2.27. The molecule has 0 fully saturated rings. The van der Waals surface area contributed by atoms with Gasteiger partial charge in [0.2, 0.25) is 5.90 Å². The van der Waals surface area contributed by atoms with Gasteiger partial charge in [-0.1, -0.05) is 16.8 Å². The third-order valence-corrected chi connectivity index (χ3v) is 4.95. The number of carboxylic acids is 1. The Labute approximate surface area is 198 Å². The second-order valence-electron chi connectivity index (χ2n) is 7.70. The number of nitrogens with one attached hydrogen (secondary N) is 1. The van der Waals surface area contributed by atoms with E-state index >= 15 is 0 Å². The summed E-state index contributed by atoms with van der Waals surface area (Å²) in [5.41, 5.74) is 3.82. The average molecular weight is 472 g/mol. The zero-order valence-corrected chi connectivity index (χ0v) is 19.9. The van der Waals surface area contributed by atoms with E-state index in [4.69, 9.17) is 38.3 Å². The Kier molecular flexibility index (Phi) is 9.25. The van der Waals surface area contributed by atoms with Gasteiger partial charge in [-0.25, -0.2) is 0 Å². The molecular weight excluding hydrogens is 444 g/mol. The lowest BCUT2D eigenvalue weighted by Crippen LogP contribution is -2.18. The number of oxime groups is 1. The fourth-order valence-electron chi connectivity index (χ4n) is 3.04. The van der Waals surface area contributed by atoms with E-state index < -0.39 is 5.97 Å². The number of carboxylic acid groups (broad SMARTS) is 1. The number of carbonyl (C=O) groups is 1. The molecule has 0 amide bonds. The first-order valence-corrected chi connectivity index (χ1v) is 10.8. The van der Waals surface area contributed by atoms with Gasteiger partial charge in [0, 0.05) is 12.0 Å². The lowest BCUT2D eigenvalue weighted by atomic mass is 10.0. The number of anilines is 1. The van der Waals surface area contributed by atoms with Crippen LogP contribution in [0, 0.1) is 25.8 Å². The molecule has 0 radical (unpaired) electrons. The van der Waals surface area contributed by atoms with Gasteiger partial charge in [0.1, 0.15) is 11.4 Å². The SMILES string of the molecule is C#[N+]N(CCCC(=O)O)c1cc(C)c(C=NOC(=N)c2ccc(OC(C)C)c(Cl)c2)cc1C. The summed E-state index contributed by atoms with van der Waals surface area (Å²) < 4.78 is 5.59. The molecule has 8 nitrogen and oxygen atoms in total. The number of hydrogen-bond donors (Lipinski definition) is 2. The molecule has 0 saturated carbocycles. The summed E-state index contributed by atoms with van der Waals surface area (Å²) >= 11 is 6.22. The molecule has 0 saturated heterocycles. The summed E-state index contributed by atoms with van der Waals surface area (Å²) in [6, 6.07) is 8.76. The zero-order valence-electron chi connectivity index (χ0n) is 19.1. The second kappa shape index (κ2) is 11.9. The molecule has 0 atom stereocenters. The van der Waals surface area contributed by atoms with E-state index in [1.54, 1.807) is 23.2 Å². The normalized spacial score (nSPS) is 10.8. The summed E-state index contributed by atoms with van der Waals surface area (Å²) in [7, 11) is 0. The van der Waals surface area contributed by atoms with Crippen LogP contribution in [0.25, 0.3) is 4.95 Å². The van der Waals surface area contributed by atoms with Crippen molar-refractivity contribution in [3.8, 4) is 12.3 Å². The van der Waals surface area contributed by atoms with Gasteiger partial charge in [-0.3, -0.25) is 10.2 Å². The number of aryl methyl sites for hydroxylation is 2. The van der Waals surface area contributed by atoms with Crippen molar-refractivity contribution in [2.45, 2.75) is 46.6 Å². The van der Waals surface area contributed by atoms with Crippen LogP contribution in [0.2, 0.25) is 5.02 Å². The smallest absolute Gasteiger partial charge is 0.305 e. The molecule has 9 heteroatoms. The third kappa shape index (κ3) is 7.51. The molecule has 0 heterocycles. The summed E-state index contributed by atoms with van der Waals surface area (Å²) in [5.74, 6) is -0.472. The maximum absolute atomic E-state index is 10.7. The Bertz CT molecular complexity index is 1090. The minimum atomic E-state index is -0.862. The lowest BCUT2D eigenvalue weighted by Gasteiger charge is -2.12. The number of hydrogen-bond acceptors (Lipinski definition) is 6. The zero-order chi connectivity index (χ0) is 24.5. The van der Waals surface area contributed by atoms with Gasteiger partial charge < -0.3 is 14.7 Å². The van der Waals surface area contributed by atoms with Crippen molar-refractivity contribution in [2.75, 3.05) is 11.6 Å². The van der Waals surface area contributed by atoms with Gasteiger partial charge >= 0.3 is 12.5 Å². The molecule has 0 unspecified atom stereocenters. The Morgan fingerprint density at radius 3 is 2.64 bits per heavy atom. The average Bonchev–Trinajstić information content (AvgIpc) is 2.74. The highest BCUT2D eigenvalue weighted by Gasteiger charge is 2.18. The number of rotatable bonds is 10. The Balaban J connectivity index is 2.08. The molecule has 0 aliphatic heterocycles. The van der Waals surface area contributed by atoms with E-state index in [0.29, 0.717) is 29.3 Å². The van der Waals surface area contributed by atoms with Crippen LogP contribution >= 0.6 is 11.6 Å². The highest BCUT2D eigenvalue weighted by atomic mass is 35.5. The van der Waals surface area contributed by atoms with E-state index in [2.05, 4.69) is 10.1 Å². The van der Waals surface area contributed by atoms with Crippen LogP contribution in [0.4, 0.5) is 5.69 Å². The van der Waals surface area contributed by atoms with Crippen LogP contribution in [-0.2, 0) is 9.63 Å². The lowest BCUT2D eigenvalue weighted by molar-refractivity contribution is -0.137. The molecule has 0 spiro atoms. The predicted octanol–water partition coefficient (Wildman–Crippen LogP) is 5.67. The van der Waals surface area contributed by atoms with E-state index in [1.807, 2.05) is 39.8 Å². The van der Waals surface area contributed by atoms with E-state index in [9.17, 15) is 4.79 Å². The van der Waals surface area contributed by atoms with Crippen molar-refractivity contribution < 1.29 is 19.5 Å². The first kappa shape index (κ1) is 25.7. The largest absolute Gasteiger partial charge is 0.489 e. The number of ether oxygens (including phenoxy) is 1. The quantitative estimate of drug-likeness (QED) is 0.264. The van der Waals surface area contributed by atoms with Crippen LogP contribution in [0.1, 0.15) is 48.9 Å². The first-order chi connectivity index (χ1) is 15.6. The molecule has 0 bridgehead atoms. The molecular formula is C24H28ClN4O4+. The van der Waals surface area contributed by atoms with Crippen molar-refractivity contribution in [3.63, 3.8) is 0 Å². The van der Waals surface area contributed by atoms with Crippen molar-refractivity contribution in [1.82, 2.24) is 0 Å². The summed E-state index contributed by atoms with van der Waals surface area (Å²) in [6.45, 7) is 13.5. The minimum Gasteiger partial charge on any atom is -0.489 e. The predicted molar refractivity (Wildman–Crippen MR) is 131 cm³/mol. The van der Waals surface area contributed by atoms with Gasteiger partial charge in [0.15, 0.2) is 0 Å². The van der Waals surface area contributed by atoms with E-state index in [0.717, 1.165) is 22.4 Å². The van der Waals surface area contributed by atoms with Gasteiger partial charge in [-0.05, 0) is 86.1 Å². The molecule has 0 aliphatic carbocycles. The molecule has 174 valence electrons. The molecule has 2 N–H and O–H groups in total. The van der Waals surface area contributed by atoms with E-state index in [-0.39, 0.29) is 18.4 Å². The fraction of sp³-hybridized carbons (Fsp3) is 0.333. The monoisotopic (exact) mass is 471 g/mol. The number of benzene rings is 2. The summed E-state index contributed by atoms with van der Waals surface area (Å²) in [5, 5.41) is 22.8. The topological polar surface area (TPSA) is 99.6 Å². The van der Waals surface area contributed by atoms with Gasteiger partial charge in [-0.15, -0.1) is 0 Å². The van der Waals surface area contributed by atoms with Crippen LogP contribution in [0.5, 0.6) is 5.75 Å². The second-order valence-corrected chi connectivity index (χ2v) is 8.11. The molecule has 0 aromatic heterocycles. The van der Waals surface area contributed by atoms with Crippen LogP contribution in [0.3, 0.4) is 0 Å². The maximum atomic E-state index is 10.7. The van der Waals surface area contributed by atoms with E-state index in [1.165, 1.54) is 6.21 Å². The van der Waals surface area contributed by atoms with Crippen molar-refractivity contribution in [2.24, 2.45) is 5.16 Å². The van der Waals surface area contributed by atoms with Gasteiger partial charge in [0.25, 0.3) is 0 Å². The number of nitrogens with zero attached hydrogens (tertiary/aromatic N) is 3. The standard InChI is InChI=1S/C24H27ClN4O4/c1-15(2)32-22-9-8-18(13-20(22)25)24(26)33-28-14-19-11-17(4)21(12-16(19)3)29(27-5)10-6-7-23(30)31/h5,8-9,11-15,26H,6-7,10H2,1-4H3/p+1. The first-order valence-electron chi connectivity index (χ1n) is 10.4. The summed E-state index contributed by atoms with van der Waals surface area (Å²) in [6.07, 6.45) is 1.97. The number of aliphatic carboxylic acids is 1. The van der Waals surface area contributed by atoms with Gasteiger partial charge in [-0.2, -0.15) is 0 Å². The maximum Gasteiger partial charge on any atom is 0.305 e. The molecule has 33 heavy (non-hydrogen) atoms. The molecule has 0 aliphatic rings. The third-order valence-electron chi connectivity index (χ3n) is 4.66. The fourth-order valence-corrected chi connectivity index (χ4v) is 3.27. The molecule has 2 rings (SSSR count). The minimum absolute atomic E-state index is 0.0120. The number of halogens is 1. The van der Waals surface area contributed by atoms with Crippen LogP contribution in [-0.4, -0.2) is 35.8 Å². The van der Waals surface area contributed by atoms with Crippen LogP contribution in [0.15, 0.2) is 35.5 Å². The Morgan fingerprint density at radius 2 is 2.03 bits per heavy atom.